The van der Waals surface area contributed by atoms with Gasteiger partial charge in [-0.3, -0.25) is 9.59 Å². The first-order chi connectivity index (χ1) is 11.0. The average Bonchev–Trinajstić information content (AvgIpc) is 3.21. The number of rotatable bonds is 4. The Labute approximate surface area is 135 Å². The summed E-state index contributed by atoms with van der Waals surface area (Å²) in [5, 5.41) is 0. The van der Waals surface area contributed by atoms with Gasteiger partial charge in [0.25, 0.3) is 0 Å². The first-order valence-corrected chi connectivity index (χ1v) is 8.48. The molecule has 0 N–H and O–H groups in total. The lowest BCUT2D eigenvalue weighted by Gasteiger charge is -2.24. The fraction of sp³-hybridized carbons (Fsp3) is 0.765. The van der Waals surface area contributed by atoms with E-state index in [4.69, 9.17) is 14.2 Å². The van der Waals surface area contributed by atoms with E-state index >= 15 is 0 Å². The summed E-state index contributed by atoms with van der Waals surface area (Å²) in [4.78, 5) is 27.2. The van der Waals surface area contributed by atoms with Crippen molar-refractivity contribution in [3.8, 4) is 0 Å². The number of hydrogen-bond donors (Lipinski definition) is 0. The molecular weight excluding hydrogens is 298 g/mol. The molecule has 0 aromatic rings. The number of hydrogen-bond acceptors (Lipinski definition) is 5. The Bertz CT molecular complexity index is 553. The van der Waals surface area contributed by atoms with Gasteiger partial charge in [0.1, 0.15) is 11.5 Å². The maximum atomic E-state index is 12.9. The van der Waals surface area contributed by atoms with Gasteiger partial charge in [-0.05, 0) is 26.7 Å². The van der Waals surface area contributed by atoms with Gasteiger partial charge in [0.2, 0.25) is 5.91 Å². The monoisotopic (exact) mass is 321 g/mol. The molecule has 6 nitrogen and oxygen atoms in total. The van der Waals surface area contributed by atoms with Crippen molar-refractivity contribution in [2.45, 2.75) is 50.6 Å². The van der Waals surface area contributed by atoms with Crippen LogP contribution in [-0.2, 0) is 23.8 Å². The lowest BCUT2D eigenvalue weighted by atomic mass is 9.77. The summed E-state index contributed by atoms with van der Waals surface area (Å²) < 4.78 is 17.1. The second-order valence-corrected chi connectivity index (χ2v) is 7.24. The van der Waals surface area contributed by atoms with E-state index in [1.165, 1.54) is 0 Å². The summed E-state index contributed by atoms with van der Waals surface area (Å²) in [6.07, 6.45) is 5.49. The Morgan fingerprint density at radius 3 is 3.04 bits per heavy atom. The highest BCUT2D eigenvalue weighted by Gasteiger charge is 2.67. The predicted molar refractivity (Wildman–Crippen MR) is 80.5 cm³/mol. The molecule has 1 amide bonds. The second kappa shape index (κ2) is 5.31. The summed E-state index contributed by atoms with van der Waals surface area (Å²) in [7, 11) is 0. The van der Waals surface area contributed by atoms with E-state index in [0.29, 0.717) is 13.1 Å². The molecule has 5 atom stereocenters. The van der Waals surface area contributed by atoms with Gasteiger partial charge in [-0.25, -0.2) is 0 Å². The van der Waals surface area contributed by atoms with Crippen LogP contribution in [0.2, 0.25) is 0 Å². The molecule has 3 fully saturated rings. The summed E-state index contributed by atoms with van der Waals surface area (Å²) in [5.74, 6) is -1.30. The summed E-state index contributed by atoms with van der Waals surface area (Å²) in [6.45, 7) is 5.50. The Hall–Kier alpha value is -1.40. The largest absolute Gasteiger partial charge is 0.463 e. The van der Waals surface area contributed by atoms with Gasteiger partial charge in [0.05, 0.1) is 30.8 Å². The molecule has 0 aromatic heterocycles. The molecule has 0 radical (unpaired) electrons. The fourth-order valence-electron chi connectivity index (χ4n) is 4.35. The molecule has 3 saturated heterocycles. The minimum absolute atomic E-state index is 0.00180. The molecule has 4 aliphatic heterocycles. The van der Waals surface area contributed by atoms with Crippen molar-refractivity contribution in [3.05, 3.63) is 12.2 Å². The maximum Gasteiger partial charge on any atom is 0.313 e. The van der Waals surface area contributed by atoms with Crippen LogP contribution < -0.4 is 0 Å². The van der Waals surface area contributed by atoms with E-state index in [1.807, 2.05) is 30.9 Å². The molecular formula is C17H23NO5. The third-order valence-electron chi connectivity index (χ3n) is 5.25. The highest BCUT2D eigenvalue weighted by Crippen LogP contribution is 2.52. The van der Waals surface area contributed by atoms with Gasteiger partial charge in [-0.15, -0.1) is 0 Å². The number of esters is 1. The van der Waals surface area contributed by atoms with E-state index in [0.717, 1.165) is 19.4 Å². The van der Waals surface area contributed by atoms with Crippen LogP contribution in [0.4, 0.5) is 0 Å². The Morgan fingerprint density at radius 2 is 2.35 bits per heavy atom. The normalized spacial score (nSPS) is 41.2. The van der Waals surface area contributed by atoms with Gasteiger partial charge in [-0.2, -0.15) is 0 Å². The first kappa shape index (κ1) is 15.1. The Kier molecular flexibility index (Phi) is 3.50. The zero-order chi connectivity index (χ0) is 16.2. The Balaban J connectivity index is 1.54. The zero-order valence-electron chi connectivity index (χ0n) is 13.6. The van der Waals surface area contributed by atoms with Crippen molar-refractivity contribution >= 4 is 11.9 Å². The van der Waals surface area contributed by atoms with Crippen molar-refractivity contribution in [1.29, 1.82) is 0 Å². The predicted octanol–water partition coefficient (Wildman–Crippen LogP) is 0.899. The quantitative estimate of drug-likeness (QED) is 0.568. The molecule has 23 heavy (non-hydrogen) atoms. The highest BCUT2D eigenvalue weighted by molar-refractivity contribution is 5.91. The smallest absolute Gasteiger partial charge is 0.313 e. The van der Waals surface area contributed by atoms with Crippen LogP contribution in [0.25, 0.3) is 0 Å². The van der Waals surface area contributed by atoms with Crippen LogP contribution in [0.15, 0.2) is 12.2 Å². The van der Waals surface area contributed by atoms with Gasteiger partial charge in [0.15, 0.2) is 0 Å². The van der Waals surface area contributed by atoms with Crippen molar-refractivity contribution < 1.29 is 23.8 Å². The minimum atomic E-state index is -0.652. The molecule has 0 saturated carbocycles. The van der Waals surface area contributed by atoms with Crippen LogP contribution in [0.1, 0.15) is 26.7 Å². The van der Waals surface area contributed by atoms with Gasteiger partial charge in [-0.1, -0.05) is 12.2 Å². The van der Waals surface area contributed by atoms with Crippen molar-refractivity contribution in [1.82, 2.24) is 4.90 Å². The first-order valence-electron chi connectivity index (χ1n) is 8.48. The number of likely N-dealkylation sites (tertiary alicyclic amines) is 1. The van der Waals surface area contributed by atoms with E-state index in [1.54, 1.807) is 0 Å². The number of fused-ring (bicyclic) bond motifs is 1. The number of nitrogens with zero attached hydrogens (tertiary/aromatic N) is 1. The number of carbonyl (C=O) groups is 2. The Morgan fingerprint density at radius 1 is 1.52 bits per heavy atom. The number of amides is 1. The molecule has 1 spiro atoms. The summed E-state index contributed by atoms with van der Waals surface area (Å²) >= 11 is 0. The van der Waals surface area contributed by atoms with E-state index in [9.17, 15) is 9.59 Å². The maximum absolute atomic E-state index is 12.9. The van der Waals surface area contributed by atoms with E-state index < -0.39 is 17.4 Å². The average molecular weight is 321 g/mol. The standard InChI is InChI=1S/C17H23NO5/c1-10(2)22-16(20)13-12-5-6-17(23-12)9-18(15(19)14(13)17)8-11-4-3-7-21-11/h5-6,10-14H,3-4,7-9H2,1-2H3/t11-,12-,13+,14+,17-/m1/s1. The SMILES string of the molecule is CC(C)OC(=O)[C@@H]1[C@H]2C(=O)N(C[C@H]3CCCO3)C[C@]23C=C[C@H]1O3. The molecule has 6 heteroatoms. The van der Waals surface area contributed by atoms with Crippen LogP contribution in [0.5, 0.6) is 0 Å². The van der Waals surface area contributed by atoms with E-state index in [2.05, 4.69) is 0 Å². The van der Waals surface area contributed by atoms with Crippen LogP contribution >= 0.6 is 0 Å². The van der Waals surface area contributed by atoms with Crippen molar-refractivity contribution in [2.24, 2.45) is 11.8 Å². The molecule has 0 aromatic carbocycles. The molecule has 0 unspecified atom stereocenters. The highest BCUT2D eigenvalue weighted by atomic mass is 16.6. The van der Waals surface area contributed by atoms with Crippen molar-refractivity contribution in [3.63, 3.8) is 0 Å². The molecule has 4 rings (SSSR count). The van der Waals surface area contributed by atoms with Crippen molar-refractivity contribution in [2.75, 3.05) is 19.7 Å². The second-order valence-electron chi connectivity index (χ2n) is 7.24. The van der Waals surface area contributed by atoms with Gasteiger partial charge >= 0.3 is 5.97 Å². The van der Waals surface area contributed by atoms with Crippen LogP contribution in [-0.4, -0.2) is 60.4 Å². The fourth-order valence-corrected chi connectivity index (χ4v) is 4.35. The number of carbonyl (C=O) groups excluding carboxylic acids is 2. The zero-order valence-corrected chi connectivity index (χ0v) is 13.6. The molecule has 2 bridgehead atoms. The third kappa shape index (κ3) is 2.31. The van der Waals surface area contributed by atoms with E-state index in [-0.39, 0.29) is 30.2 Å². The molecule has 126 valence electrons. The molecule has 0 aliphatic carbocycles. The number of ether oxygens (including phenoxy) is 3. The van der Waals surface area contributed by atoms with Crippen LogP contribution in [0.3, 0.4) is 0 Å². The molecule has 4 heterocycles. The minimum Gasteiger partial charge on any atom is -0.463 e. The lowest BCUT2D eigenvalue weighted by molar-refractivity contribution is -0.157. The topological polar surface area (TPSA) is 65.1 Å². The van der Waals surface area contributed by atoms with Gasteiger partial charge in [0, 0.05) is 13.2 Å². The lowest BCUT2D eigenvalue weighted by Crippen LogP contribution is -2.41. The van der Waals surface area contributed by atoms with Crippen LogP contribution in [0, 0.1) is 11.8 Å². The third-order valence-corrected chi connectivity index (χ3v) is 5.25. The van der Waals surface area contributed by atoms with Gasteiger partial charge < -0.3 is 19.1 Å². The summed E-state index contributed by atoms with van der Waals surface area (Å²) in [6, 6.07) is 0. The summed E-state index contributed by atoms with van der Waals surface area (Å²) in [5.41, 5.74) is -0.652. The molecule has 4 aliphatic rings.